The third kappa shape index (κ3) is 4.79. The normalized spacial score (nSPS) is 15.9. The maximum absolute atomic E-state index is 10.3. The van der Waals surface area contributed by atoms with Crippen LogP contribution in [0.25, 0.3) is 0 Å². The molecule has 0 aliphatic carbocycles. The molecule has 0 aromatic heterocycles. The minimum absolute atomic E-state index is 0.441. The second-order valence-corrected chi connectivity index (χ2v) is 2.83. The summed E-state index contributed by atoms with van der Waals surface area (Å²) >= 11 is 0. The highest BCUT2D eigenvalue weighted by Crippen LogP contribution is 2.02. The summed E-state index contributed by atoms with van der Waals surface area (Å²) in [5.74, 6) is -0.454. The first-order chi connectivity index (χ1) is 5.07. The summed E-state index contributed by atoms with van der Waals surface area (Å²) < 4.78 is 5.06. The van der Waals surface area contributed by atoms with Gasteiger partial charge in [0, 0.05) is 0 Å². The van der Waals surface area contributed by atoms with Gasteiger partial charge in [-0.25, -0.2) is 4.79 Å². The maximum Gasteiger partial charge on any atom is 0.332 e. The maximum atomic E-state index is 10.3. The molecule has 0 spiro atoms. The van der Waals surface area contributed by atoms with Crippen LogP contribution in [0.5, 0.6) is 0 Å². The Morgan fingerprint density at radius 2 is 2.09 bits per heavy atom. The van der Waals surface area contributed by atoms with E-state index in [1.165, 1.54) is 0 Å². The van der Waals surface area contributed by atoms with Crippen LogP contribution < -0.4 is 0 Å². The van der Waals surface area contributed by atoms with Gasteiger partial charge in [-0.3, -0.25) is 0 Å². The molecule has 66 valence electrons. The van der Waals surface area contributed by atoms with Gasteiger partial charge in [0.1, 0.15) is 0 Å². The van der Waals surface area contributed by atoms with Crippen LogP contribution in [0.3, 0.4) is 0 Å². The standard InChI is InChI=1S/C8H16O3/c1-4-6(2)5-11-7(3)8(9)10/h6-7H,4-5H2,1-3H3,(H,9,10)/t6?,7-/m0/s1. The summed E-state index contributed by atoms with van der Waals surface area (Å²) in [7, 11) is 0. The average Bonchev–Trinajstić information content (AvgIpc) is 1.99. The number of rotatable bonds is 5. The lowest BCUT2D eigenvalue weighted by atomic mass is 10.1. The van der Waals surface area contributed by atoms with Crippen molar-refractivity contribution >= 4 is 5.97 Å². The quantitative estimate of drug-likeness (QED) is 0.663. The highest BCUT2D eigenvalue weighted by atomic mass is 16.5. The molecule has 0 rings (SSSR count). The van der Waals surface area contributed by atoms with E-state index in [-0.39, 0.29) is 0 Å². The number of hydrogen-bond donors (Lipinski definition) is 1. The Morgan fingerprint density at radius 1 is 1.55 bits per heavy atom. The molecule has 0 radical (unpaired) electrons. The minimum Gasteiger partial charge on any atom is -0.479 e. The van der Waals surface area contributed by atoms with E-state index in [9.17, 15) is 4.79 Å². The van der Waals surface area contributed by atoms with Crippen LogP contribution in [-0.4, -0.2) is 23.8 Å². The van der Waals surface area contributed by atoms with Gasteiger partial charge in [0.2, 0.25) is 0 Å². The fraction of sp³-hybridized carbons (Fsp3) is 0.875. The molecule has 0 aromatic carbocycles. The molecule has 2 atom stereocenters. The van der Waals surface area contributed by atoms with Crippen molar-refractivity contribution in [3.63, 3.8) is 0 Å². The smallest absolute Gasteiger partial charge is 0.332 e. The van der Waals surface area contributed by atoms with Crippen molar-refractivity contribution in [3.8, 4) is 0 Å². The fourth-order valence-electron chi connectivity index (χ4n) is 0.498. The molecule has 3 nitrogen and oxygen atoms in total. The van der Waals surface area contributed by atoms with Crippen LogP contribution in [0, 0.1) is 5.92 Å². The highest BCUT2D eigenvalue weighted by Gasteiger charge is 2.11. The van der Waals surface area contributed by atoms with Gasteiger partial charge in [-0.05, 0) is 12.8 Å². The lowest BCUT2D eigenvalue weighted by Crippen LogP contribution is -2.22. The van der Waals surface area contributed by atoms with Crippen LogP contribution in [-0.2, 0) is 9.53 Å². The molecule has 0 aliphatic heterocycles. The zero-order valence-electron chi connectivity index (χ0n) is 7.33. The van der Waals surface area contributed by atoms with Crippen molar-refractivity contribution in [2.45, 2.75) is 33.3 Å². The summed E-state index contributed by atoms with van der Waals surface area (Å²) in [6.07, 6.45) is 0.343. The van der Waals surface area contributed by atoms with Gasteiger partial charge >= 0.3 is 5.97 Å². The summed E-state index contributed by atoms with van der Waals surface area (Å²) in [5, 5.41) is 8.44. The largest absolute Gasteiger partial charge is 0.479 e. The Morgan fingerprint density at radius 3 is 2.45 bits per heavy atom. The molecule has 0 heterocycles. The summed E-state index contributed by atoms with van der Waals surface area (Å²) in [4.78, 5) is 10.3. The number of carboxylic acid groups (broad SMARTS) is 1. The molecule has 0 bridgehead atoms. The lowest BCUT2D eigenvalue weighted by molar-refractivity contribution is -0.149. The molecule has 0 aliphatic rings. The van der Waals surface area contributed by atoms with Gasteiger partial charge in [-0.1, -0.05) is 20.3 Å². The highest BCUT2D eigenvalue weighted by molar-refractivity contribution is 5.71. The van der Waals surface area contributed by atoms with Crippen LogP contribution in [0.15, 0.2) is 0 Å². The zero-order valence-corrected chi connectivity index (χ0v) is 7.33. The second-order valence-electron chi connectivity index (χ2n) is 2.83. The van der Waals surface area contributed by atoms with Crippen LogP contribution in [0.1, 0.15) is 27.2 Å². The number of carboxylic acids is 1. The van der Waals surface area contributed by atoms with Crippen LogP contribution in [0.2, 0.25) is 0 Å². The first-order valence-corrected chi connectivity index (χ1v) is 3.92. The van der Waals surface area contributed by atoms with E-state index in [1.54, 1.807) is 6.92 Å². The monoisotopic (exact) mass is 160 g/mol. The Labute approximate surface area is 67.4 Å². The van der Waals surface area contributed by atoms with Crippen molar-refractivity contribution in [3.05, 3.63) is 0 Å². The molecule has 1 unspecified atom stereocenters. The van der Waals surface area contributed by atoms with Crippen molar-refractivity contribution in [1.82, 2.24) is 0 Å². The zero-order chi connectivity index (χ0) is 8.85. The van der Waals surface area contributed by atoms with Crippen LogP contribution in [0.4, 0.5) is 0 Å². The van der Waals surface area contributed by atoms with Gasteiger partial charge in [0.15, 0.2) is 6.10 Å². The summed E-state index contributed by atoms with van der Waals surface area (Å²) in [6, 6.07) is 0. The lowest BCUT2D eigenvalue weighted by Gasteiger charge is -2.11. The second kappa shape index (κ2) is 5.13. The third-order valence-electron chi connectivity index (χ3n) is 1.68. The molecule has 0 saturated carbocycles. The van der Waals surface area contributed by atoms with E-state index in [1.807, 2.05) is 6.92 Å². The summed E-state index contributed by atoms with van der Waals surface area (Å²) in [6.45, 7) is 6.17. The van der Waals surface area contributed by atoms with E-state index < -0.39 is 12.1 Å². The minimum atomic E-state index is -0.895. The summed E-state index contributed by atoms with van der Waals surface area (Å²) in [5.41, 5.74) is 0. The first kappa shape index (κ1) is 10.4. The van der Waals surface area contributed by atoms with E-state index >= 15 is 0 Å². The Kier molecular flexibility index (Phi) is 4.86. The molecule has 0 amide bonds. The SMILES string of the molecule is CCC(C)CO[C@@H](C)C(=O)O. The van der Waals surface area contributed by atoms with Crippen LogP contribution >= 0.6 is 0 Å². The predicted molar refractivity (Wildman–Crippen MR) is 42.5 cm³/mol. The topological polar surface area (TPSA) is 46.5 Å². The molecular formula is C8H16O3. The van der Waals surface area contributed by atoms with Gasteiger partial charge in [-0.2, -0.15) is 0 Å². The molecule has 0 fully saturated rings. The molecule has 0 saturated heterocycles. The van der Waals surface area contributed by atoms with E-state index in [2.05, 4.69) is 6.92 Å². The predicted octanol–water partition coefficient (Wildman–Crippen LogP) is 1.52. The van der Waals surface area contributed by atoms with Gasteiger partial charge < -0.3 is 9.84 Å². The van der Waals surface area contributed by atoms with E-state index in [0.29, 0.717) is 12.5 Å². The Balaban J connectivity index is 3.45. The molecule has 1 N–H and O–H groups in total. The third-order valence-corrected chi connectivity index (χ3v) is 1.68. The van der Waals surface area contributed by atoms with Gasteiger partial charge in [0.05, 0.1) is 6.61 Å². The van der Waals surface area contributed by atoms with E-state index in [0.717, 1.165) is 6.42 Å². The fourth-order valence-corrected chi connectivity index (χ4v) is 0.498. The Bertz CT molecular complexity index is 123. The Hall–Kier alpha value is -0.570. The first-order valence-electron chi connectivity index (χ1n) is 3.92. The number of carbonyl (C=O) groups is 1. The molecular weight excluding hydrogens is 144 g/mol. The average molecular weight is 160 g/mol. The van der Waals surface area contributed by atoms with Crippen molar-refractivity contribution < 1.29 is 14.6 Å². The van der Waals surface area contributed by atoms with Crippen molar-refractivity contribution in [2.24, 2.45) is 5.92 Å². The van der Waals surface area contributed by atoms with Crippen molar-refractivity contribution in [2.75, 3.05) is 6.61 Å². The number of hydrogen-bond acceptors (Lipinski definition) is 2. The van der Waals surface area contributed by atoms with Crippen molar-refractivity contribution in [1.29, 1.82) is 0 Å². The molecule has 3 heteroatoms. The molecule has 11 heavy (non-hydrogen) atoms. The van der Waals surface area contributed by atoms with Gasteiger partial charge in [0.25, 0.3) is 0 Å². The molecule has 0 aromatic rings. The van der Waals surface area contributed by atoms with E-state index in [4.69, 9.17) is 9.84 Å². The number of ether oxygens (including phenoxy) is 1. The van der Waals surface area contributed by atoms with Gasteiger partial charge in [-0.15, -0.1) is 0 Å². The number of aliphatic carboxylic acids is 1.